The van der Waals surface area contributed by atoms with Crippen molar-refractivity contribution in [3.05, 3.63) is 73.3 Å². The van der Waals surface area contributed by atoms with Gasteiger partial charge in [0.2, 0.25) is 0 Å². The number of halogens is 2. The average Bonchev–Trinajstić information content (AvgIpc) is 2.72. The molecule has 5 N–H and O–H groups in total. The Hall–Kier alpha value is -1.79. The van der Waals surface area contributed by atoms with Crippen LogP contribution in [0.25, 0.3) is 5.73 Å². The Morgan fingerprint density at radius 2 is 1.23 bits per heavy atom. The van der Waals surface area contributed by atoms with E-state index in [1.807, 2.05) is 12.1 Å². The van der Waals surface area contributed by atoms with E-state index >= 15 is 0 Å². The predicted octanol–water partition coefficient (Wildman–Crippen LogP) is 7.36. The second-order valence-corrected chi connectivity index (χ2v) is 9.57. The van der Waals surface area contributed by atoms with Gasteiger partial charge in [-0.2, -0.15) is 12.0 Å². The molecule has 0 aliphatic heterocycles. The van der Waals surface area contributed by atoms with Crippen LogP contribution < -0.4 is 10.6 Å². The van der Waals surface area contributed by atoms with Crippen LogP contribution in [0.4, 0.5) is 21.0 Å². The van der Waals surface area contributed by atoms with Gasteiger partial charge in [-0.3, -0.25) is 10.6 Å². The second kappa shape index (κ2) is 18.9. The number of carbonyl (C=O) groups is 2. The molecule has 1 aliphatic rings. The zero-order valence-electron chi connectivity index (χ0n) is 16.7. The van der Waals surface area contributed by atoms with Gasteiger partial charge >= 0.3 is 47.5 Å². The summed E-state index contributed by atoms with van der Waals surface area (Å²) in [4.78, 5) is 20.1. The van der Waals surface area contributed by atoms with E-state index in [9.17, 15) is 9.59 Å². The summed E-state index contributed by atoms with van der Waals surface area (Å²) >= 11 is -0.472. The molecule has 1 saturated carbocycles. The summed E-state index contributed by atoms with van der Waals surface area (Å²) in [5, 5.41) is 21.0. The first-order chi connectivity index (χ1) is 14.8. The van der Waals surface area contributed by atoms with Crippen LogP contribution in [-0.2, 0) is 16.5 Å². The molecule has 7 nitrogen and oxygen atoms in total. The maximum absolute atomic E-state index is 10.1. The van der Waals surface area contributed by atoms with Gasteiger partial charge in [-0.15, -0.1) is 0 Å². The predicted molar refractivity (Wildman–Crippen MR) is 123 cm³/mol. The van der Waals surface area contributed by atoms with Gasteiger partial charge in [-0.05, 0) is 24.3 Å². The van der Waals surface area contributed by atoms with Crippen molar-refractivity contribution >= 4 is 42.4 Å². The monoisotopic (exact) mass is 650 g/mol. The average molecular weight is 651 g/mol. The Labute approximate surface area is 199 Å². The van der Waals surface area contributed by atoms with Gasteiger partial charge < -0.3 is 22.9 Å². The van der Waals surface area contributed by atoms with Crippen molar-refractivity contribution in [2.45, 2.75) is 31.7 Å². The summed E-state index contributed by atoms with van der Waals surface area (Å²) in [7, 11) is 9.75. The third kappa shape index (κ3) is 17.6. The van der Waals surface area contributed by atoms with Crippen LogP contribution >= 0.6 is 18.8 Å². The fourth-order valence-corrected chi connectivity index (χ4v) is 2.50. The van der Waals surface area contributed by atoms with Crippen molar-refractivity contribution in [3.63, 3.8) is 0 Å². The molecule has 31 heavy (non-hydrogen) atoms. The zero-order valence-corrected chi connectivity index (χ0v) is 20.5. The molecule has 0 spiro atoms. The Balaban J connectivity index is 0.000000411. The van der Waals surface area contributed by atoms with Crippen molar-refractivity contribution < 1.29 is 36.3 Å². The first-order valence-electron chi connectivity index (χ1n) is 9.26. The summed E-state index contributed by atoms with van der Waals surface area (Å²) in [6, 6.07) is 17.6. The van der Waals surface area contributed by atoms with Crippen molar-refractivity contribution in [3.8, 4) is 0 Å². The van der Waals surface area contributed by atoms with E-state index in [0.29, 0.717) is 17.3 Å². The molecule has 2 amide bonds. The number of rotatable bonds is 2. The van der Waals surface area contributed by atoms with E-state index in [1.165, 1.54) is 19.3 Å². The third-order valence-corrected chi connectivity index (χ3v) is 3.96. The van der Waals surface area contributed by atoms with Crippen molar-refractivity contribution in [1.29, 1.82) is 0 Å². The molecule has 3 rings (SSSR count). The number of anilines is 2. The maximum atomic E-state index is 10.1. The number of nitrogens with one attached hydrogen (secondary N) is 3. The number of hydrogen-bond acceptors (Lipinski definition) is 2. The molecule has 2 aromatic carbocycles. The molecular formula is C21H27Cl2N3O4Pt. The Morgan fingerprint density at radius 1 is 0.871 bits per heavy atom. The molecule has 1 fully saturated rings. The third-order valence-electron chi connectivity index (χ3n) is 3.96. The van der Waals surface area contributed by atoms with E-state index in [0.717, 1.165) is 6.42 Å². The normalized spacial score (nSPS) is 16.6. The number of para-hydroxylation sites is 2. The number of carboxylic acid groups (broad SMARTS) is 2. The van der Waals surface area contributed by atoms with Gasteiger partial charge in [0.1, 0.15) is 0 Å². The Kier molecular flexibility index (Phi) is 17.8. The molecular weight excluding hydrogens is 624 g/mol. The first kappa shape index (κ1) is 29.2. The molecule has 174 valence electrons. The van der Waals surface area contributed by atoms with E-state index in [4.69, 9.17) is 34.8 Å². The molecule has 0 unspecified atom stereocenters. The van der Waals surface area contributed by atoms with Crippen molar-refractivity contribution in [1.82, 2.24) is 0 Å². The van der Waals surface area contributed by atoms with Crippen LogP contribution in [0.5, 0.6) is 0 Å². The van der Waals surface area contributed by atoms with Gasteiger partial charge in [0.25, 0.3) is 0 Å². The Bertz CT molecular complexity index is 666. The van der Waals surface area contributed by atoms with Crippen LogP contribution in [0.2, 0.25) is 0 Å². The van der Waals surface area contributed by atoms with Crippen molar-refractivity contribution in [2.75, 3.05) is 10.6 Å². The van der Waals surface area contributed by atoms with Gasteiger partial charge in [-0.1, -0.05) is 62.1 Å². The SMILES string of the molecule is O=C(O)Nc1ccccc1.O=C(O)Nc1ccccc1.[CH2-][C@@H]1CCCC[C@H]1[NH-].[Cl][Pt+2][Cl]. The molecule has 0 bridgehead atoms. The summed E-state index contributed by atoms with van der Waals surface area (Å²) in [5.41, 5.74) is 8.60. The quantitative estimate of drug-likeness (QED) is 0.254. The van der Waals surface area contributed by atoms with Crippen LogP contribution in [0.1, 0.15) is 25.7 Å². The van der Waals surface area contributed by atoms with Gasteiger partial charge in [-0.25, -0.2) is 9.59 Å². The van der Waals surface area contributed by atoms with Gasteiger partial charge in [0.05, 0.1) is 0 Å². The van der Waals surface area contributed by atoms with Crippen molar-refractivity contribution in [2.24, 2.45) is 5.92 Å². The first-order valence-corrected chi connectivity index (χ1v) is 14.9. The van der Waals surface area contributed by atoms with Crippen LogP contribution in [0, 0.1) is 12.8 Å². The standard InChI is InChI=1S/2C7H7NO2.C7H13N.2ClH.Pt/c2*9-7(10)8-6-4-2-1-3-5-6;1-6-4-2-3-5-7(6)8;;;/h2*1-5,8H,(H,9,10);6-8H,1-5H2;2*1H;/q;;-2;;;+4/p-2/t;;6-,7-;;;/m..1.../s1. The minimum atomic E-state index is -1.04. The van der Waals surface area contributed by atoms with Crippen LogP contribution in [0.15, 0.2) is 60.7 Å². The summed E-state index contributed by atoms with van der Waals surface area (Å²) in [5.74, 6) is 0.420. The van der Waals surface area contributed by atoms with Gasteiger partial charge in [0.15, 0.2) is 0 Å². The fourth-order valence-electron chi connectivity index (χ4n) is 2.50. The zero-order chi connectivity index (χ0) is 23.5. The molecule has 0 aromatic heterocycles. The molecule has 2 atom stereocenters. The number of hydrogen-bond donors (Lipinski definition) is 4. The number of benzene rings is 2. The van der Waals surface area contributed by atoms with Gasteiger partial charge in [0, 0.05) is 11.4 Å². The number of amides is 2. The van der Waals surface area contributed by atoms with Crippen LogP contribution in [0.3, 0.4) is 0 Å². The molecule has 0 saturated heterocycles. The molecule has 10 heteroatoms. The Morgan fingerprint density at radius 3 is 1.48 bits per heavy atom. The minimum absolute atomic E-state index is 0.142. The summed E-state index contributed by atoms with van der Waals surface area (Å²) in [6.07, 6.45) is 2.73. The van der Waals surface area contributed by atoms with E-state index < -0.39 is 28.7 Å². The molecule has 2 aromatic rings. The van der Waals surface area contributed by atoms with E-state index in [2.05, 4.69) is 17.6 Å². The van der Waals surface area contributed by atoms with E-state index in [1.54, 1.807) is 48.5 Å². The molecule has 1 aliphatic carbocycles. The van der Waals surface area contributed by atoms with Crippen LogP contribution in [-0.4, -0.2) is 28.4 Å². The van der Waals surface area contributed by atoms with E-state index in [-0.39, 0.29) is 6.04 Å². The second-order valence-electron chi connectivity index (χ2n) is 6.29. The molecule has 0 radical (unpaired) electrons. The topological polar surface area (TPSA) is 122 Å². The summed E-state index contributed by atoms with van der Waals surface area (Å²) in [6.45, 7) is 3.89. The summed E-state index contributed by atoms with van der Waals surface area (Å²) < 4.78 is 0. The molecule has 0 heterocycles. The fraction of sp³-hybridized carbons (Fsp3) is 0.286.